The predicted molar refractivity (Wildman–Crippen MR) is 105 cm³/mol. The average molecular weight is 451 g/mol. The summed E-state index contributed by atoms with van der Waals surface area (Å²) >= 11 is 0. The Hall–Kier alpha value is -0.900. The van der Waals surface area contributed by atoms with Crippen LogP contribution in [-0.2, 0) is 11.3 Å². The van der Waals surface area contributed by atoms with Crippen molar-refractivity contribution in [2.45, 2.75) is 65.1 Å². The third-order valence-electron chi connectivity index (χ3n) is 4.17. The third-order valence-corrected chi connectivity index (χ3v) is 4.17. The van der Waals surface area contributed by atoms with Gasteiger partial charge in [-0.15, -0.1) is 24.0 Å². The second-order valence-electron chi connectivity index (χ2n) is 6.18. The number of halogens is 1. The van der Waals surface area contributed by atoms with E-state index in [9.17, 15) is 0 Å². The van der Waals surface area contributed by atoms with Crippen LogP contribution in [-0.4, -0.2) is 35.8 Å². The van der Waals surface area contributed by atoms with Crippen molar-refractivity contribution in [3.05, 3.63) is 11.7 Å². The van der Waals surface area contributed by atoms with E-state index in [1.807, 2.05) is 13.8 Å². The summed E-state index contributed by atoms with van der Waals surface area (Å²) < 4.78 is 10.7. The highest BCUT2D eigenvalue weighted by Gasteiger charge is 2.20. The minimum absolute atomic E-state index is 0. The predicted octanol–water partition coefficient (Wildman–Crippen LogP) is 3.03. The number of hydrogen-bond acceptors (Lipinski definition) is 5. The van der Waals surface area contributed by atoms with Crippen molar-refractivity contribution in [1.29, 1.82) is 0 Å². The standard InChI is InChI=1S/C16H29N5O2.HI/c1-5-22-12(3)15-20-14(23-21-15)10-18-16(17-4)19-13-8-6-7-11(2)9-13;/h11-13H,5-10H2,1-4H3,(H2,17,18,19);1H. The van der Waals surface area contributed by atoms with Gasteiger partial charge in [-0.2, -0.15) is 4.98 Å². The Bertz CT molecular complexity index is 508. The van der Waals surface area contributed by atoms with Crippen molar-refractivity contribution in [1.82, 2.24) is 20.8 Å². The summed E-state index contributed by atoms with van der Waals surface area (Å²) in [6.45, 7) is 7.24. The fourth-order valence-corrected chi connectivity index (χ4v) is 2.94. The molecule has 1 aliphatic carbocycles. The molecule has 0 bridgehead atoms. The number of guanidine groups is 1. The van der Waals surface area contributed by atoms with Crippen LogP contribution in [0.3, 0.4) is 0 Å². The highest BCUT2D eigenvalue weighted by atomic mass is 127. The van der Waals surface area contributed by atoms with Gasteiger partial charge in [0.2, 0.25) is 5.89 Å². The number of aliphatic imine (C=N–C) groups is 1. The molecule has 8 heteroatoms. The molecule has 1 heterocycles. The minimum atomic E-state index is -0.154. The summed E-state index contributed by atoms with van der Waals surface area (Å²) in [4.78, 5) is 8.62. The fraction of sp³-hybridized carbons (Fsp3) is 0.812. The van der Waals surface area contributed by atoms with Crippen molar-refractivity contribution >= 4 is 29.9 Å². The number of rotatable bonds is 6. The molecule has 0 aromatic carbocycles. The van der Waals surface area contributed by atoms with E-state index < -0.39 is 0 Å². The largest absolute Gasteiger partial charge is 0.371 e. The van der Waals surface area contributed by atoms with Gasteiger partial charge in [0.25, 0.3) is 0 Å². The molecule has 0 spiro atoms. The van der Waals surface area contributed by atoms with Crippen molar-refractivity contribution in [2.24, 2.45) is 10.9 Å². The van der Waals surface area contributed by atoms with Gasteiger partial charge in [0, 0.05) is 19.7 Å². The molecule has 7 nitrogen and oxygen atoms in total. The maximum absolute atomic E-state index is 5.46. The van der Waals surface area contributed by atoms with Crippen molar-refractivity contribution < 1.29 is 9.26 Å². The van der Waals surface area contributed by atoms with E-state index >= 15 is 0 Å². The molecule has 1 aromatic rings. The molecule has 0 radical (unpaired) electrons. The molecule has 0 aliphatic heterocycles. The van der Waals surface area contributed by atoms with Crippen LogP contribution in [0.4, 0.5) is 0 Å². The van der Waals surface area contributed by atoms with Crippen molar-refractivity contribution in [3.8, 4) is 0 Å². The van der Waals surface area contributed by atoms with Gasteiger partial charge in [0.15, 0.2) is 11.8 Å². The molecule has 2 N–H and O–H groups in total. The molecule has 0 amide bonds. The number of aromatic nitrogens is 2. The Morgan fingerprint density at radius 2 is 2.25 bits per heavy atom. The first-order valence-corrected chi connectivity index (χ1v) is 8.53. The van der Waals surface area contributed by atoms with Gasteiger partial charge in [0.1, 0.15) is 6.10 Å². The molecular formula is C16H30IN5O2. The Kier molecular flexibility index (Phi) is 9.57. The summed E-state index contributed by atoms with van der Waals surface area (Å²) in [5.74, 6) is 2.67. The zero-order valence-corrected chi connectivity index (χ0v) is 17.4. The van der Waals surface area contributed by atoms with Gasteiger partial charge in [-0.1, -0.05) is 24.9 Å². The SMILES string of the molecule is CCOC(C)c1noc(CNC(=NC)NC2CCCC(C)C2)n1.I. The second kappa shape index (κ2) is 10.9. The molecular weight excluding hydrogens is 421 g/mol. The van der Waals surface area contributed by atoms with Crippen LogP contribution in [0.2, 0.25) is 0 Å². The fourth-order valence-electron chi connectivity index (χ4n) is 2.94. The van der Waals surface area contributed by atoms with Crippen molar-refractivity contribution in [2.75, 3.05) is 13.7 Å². The lowest BCUT2D eigenvalue weighted by Gasteiger charge is -2.28. The highest BCUT2D eigenvalue weighted by Crippen LogP contribution is 2.23. The Morgan fingerprint density at radius 1 is 1.46 bits per heavy atom. The molecule has 1 saturated carbocycles. The normalized spacial score (nSPS) is 22.6. The van der Waals surface area contributed by atoms with Crippen LogP contribution in [0.1, 0.15) is 64.3 Å². The second-order valence-corrected chi connectivity index (χ2v) is 6.18. The van der Waals surface area contributed by atoms with Crippen LogP contribution in [0, 0.1) is 5.92 Å². The smallest absolute Gasteiger partial charge is 0.246 e. The minimum Gasteiger partial charge on any atom is -0.371 e. The van der Waals surface area contributed by atoms with Crippen molar-refractivity contribution in [3.63, 3.8) is 0 Å². The maximum atomic E-state index is 5.46. The quantitative estimate of drug-likeness (QED) is 0.393. The number of hydrogen-bond donors (Lipinski definition) is 2. The van der Waals surface area contributed by atoms with E-state index in [0.29, 0.717) is 30.9 Å². The Labute approximate surface area is 161 Å². The topological polar surface area (TPSA) is 84.6 Å². The Morgan fingerprint density at radius 3 is 2.92 bits per heavy atom. The van der Waals surface area contributed by atoms with E-state index in [-0.39, 0.29) is 30.1 Å². The van der Waals surface area contributed by atoms with E-state index in [4.69, 9.17) is 9.26 Å². The van der Waals surface area contributed by atoms with E-state index in [2.05, 4.69) is 32.7 Å². The third kappa shape index (κ3) is 6.54. The first kappa shape index (κ1) is 21.1. The summed E-state index contributed by atoms with van der Waals surface area (Å²) in [5.41, 5.74) is 0. The van der Waals surface area contributed by atoms with E-state index in [1.54, 1.807) is 7.05 Å². The molecule has 3 atom stereocenters. The number of nitrogens with zero attached hydrogens (tertiary/aromatic N) is 3. The average Bonchev–Trinajstić information content (AvgIpc) is 3.01. The molecule has 0 saturated heterocycles. The monoisotopic (exact) mass is 451 g/mol. The summed E-state index contributed by atoms with van der Waals surface area (Å²) in [6, 6.07) is 0.487. The van der Waals surface area contributed by atoms with Gasteiger partial charge in [0.05, 0.1) is 6.54 Å². The Balaban J connectivity index is 0.00000288. The number of ether oxygens (including phenoxy) is 1. The van der Waals surface area contributed by atoms with Gasteiger partial charge >= 0.3 is 0 Å². The van der Waals surface area contributed by atoms with Crippen LogP contribution in [0.5, 0.6) is 0 Å². The van der Waals surface area contributed by atoms with Gasteiger partial charge in [-0.05, 0) is 32.6 Å². The summed E-state index contributed by atoms with van der Waals surface area (Å²) in [7, 11) is 1.78. The lowest BCUT2D eigenvalue weighted by atomic mass is 9.87. The van der Waals surface area contributed by atoms with Crippen LogP contribution in [0.25, 0.3) is 0 Å². The van der Waals surface area contributed by atoms with Gasteiger partial charge in [-0.3, -0.25) is 4.99 Å². The van der Waals surface area contributed by atoms with E-state index in [1.165, 1.54) is 25.7 Å². The zero-order valence-electron chi connectivity index (χ0n) is 15.0. The molecule has 2 rings (SSSR count). The summed E-state index contributed by atoms with van der Waals surface area (Å²) in [5, 5.41) is 10.7. The molecule has 24 heavy (non-hydrogen) atoms. The first-order valence-electron chi connectivity index (χ1n) is 8.53. The zero-order chi connectivity index (χ0) is 16.7. The summed E-state index contributed by atoms with van der Waals surface area (Å²) in [6.07, 6.45) is 4.84. The first-order chi connectivity index (χ1) is 11.1. The number of nitrogens with one attached hydrogen (secondary N) is 2. The van der Waals surface area contributed by atoms with E-state index in [0.717, 1.165) is 11.9 Å². The lowest BCUT2D eigenvalue weighted by Crippen LogP contribution is -2.44. The maximum Gasteiger partial charge on any atom is 0.246 e. The molecule has 1 aromatic heterocycles. The lowest BCUT2D eigenvalue weighted by molar-refractivity contribution is 0.0683. The molecule has 1 fully saturated rings. The molecule has 1 aliphatic rings. The molecule has 138 valence electrons. The van der Waals surface area contributed by atoms with Gasteiger partial charge < -0.3 is 19.9 Å². The van der Waals surface area contributed by atoms with Crippen LogP contribution >= 0.6 is 24.0 Å². The highest BCUT2D eigenvalue weighted by molar-refractivity contribution is 14.0. The van der Waals surface area contributed by atoms with Crippen LogP contribution < -0.4 is 10.6 Å². The van der Waals surface area contributed by atoms with Gasteiger partial charge in [-0.25, -0.2) is 0 Å². The molecule has 3 unspecified atom stereocenters. The van der Waals surface area contributed by atoms with Crippen LogP contribution in [0.15, 0.2) is 9.52 Å².